The lowest BCUT2D eigenvalue weighted by Crippen LogP contribution is -2.23. The fraction of sp³-hybridized carbons (Fsp3) is 0.200. The number of fused-ring (bicyclic) bond motifs is 1. The predicted molar refractivity (Wildman–Crippen MR) is 77.4 cm³/mol. The van der Waals surface area contributed by atoms with E-state index in [9.17, 15) is 9.59 Å². The summed E-state index contributed by atoms with van der Waals surface area (Å²) in [6.07, 6.45) is 0. The summed E-state index contributed by atoms with van der Waals surface area (Å²) in [6.45, 7) is 3.62. The van der Waals surface area contributed by atoms with Gasteiger partial charge in [0, 0.05) is 18.6 Å². The van der Waals surface area contributed by atoms with Crippen LogP contribution in [-0.4, -0.2) is 16.0 Å². The number of nitrogens with zero attached hydrogens (tertiary/aromatic N) is 2. The summed E-state index contributed by atoms with van der Waals surface area (Å²) in [5, 5.41) is 6.87. The van der Waals surface area contributed by atoms with Gasteiger partial charge in [0.15, 0.2) is 5.89 Å². The fourth-order valence-electron chi connectivity index (χ4n) is 2.09. The highest BCUT2D eigenvalue weighted by Crippen LogP contribution is 2.11. The Morgan fingerprint density at radius 1 is 1.27 bits per heavy atom. The second-order valence-electron chi connectivity index (χ2n) is 4.86. The molecule has 0 saturated heterocycles. The van der Waals surface area contributed by atoms with E-state index in [1.54, 1.807) is 32.0 Å². The molecule has 0 atom stereocenters. The van der Waals surface area contributed by atoms with Crippen molar-refractivity contribution < 1.29 is 13.7 Å². The molecule has 1 amide bonds. The molecule has 7 nitrogen and oxygen atoms in total. The number of amides is 1. The summed E-state index contributed by atoms with van der Waals surface area (Å²) < 4.78 is 9.84. The first-order chi connectivity index (χ1) is 10.5. The van der Waals surface area contributed by atoms with Crippen molar-refractivity contribution in [2.45, 2.75) is 20.4 Å². The van der Waals surface area contributed by atoms with Crippen LogP contribution in [0.15, 0.2) is 38.0 Å². The number of aryl methyl sites for hydroxylation is 2. The summed E-state index contributed by atoms with van der Waals surface area (Å²) in [7, 11) is 0. The molecule has 0 bridgehead atoms. The molecule has 112 valence electrons. The molecule has 3 rings (SSSR count). The van der Waals surface area contributed by atoms with Gasteiger partial charge in [-0.3, -0.25) is 4.79 Å². The van der Waals surface area contributed by atoms with Crippen LogP contribution in [-0.2, 0) is 6.54 Å². The van der Waals surface area contributed by atoms with Gasteiger partial charge in [-0.2, -0.15) is 0 Å². The molecule has 1 aromatic carbocycles. The Balaban J connectivity index is 1.83. The molecular weight excluding hydrogens is 286 g/mol. The lowest BCUT2D eigenvalue weighted by molar-refractivity contribution is 0.0950. The first-order valence-corrected chi connectivity index (χ1v) is 6.65. The van der Waals surface area contributed by atoms with Crippen LogP contribution in [0, 0.1) is 13.8 Å². The van der Waals surface area contributed by atoms with Gasteiger partial charge in [-0.05, 0) is 25.1 Å². The van der Waals surface area contributed by atoms with Crippen molar-refractivity contribution in [3.8, 4) is 0 Å². The zero-order valence-electron chi connectivity index (χ0n) is 12.0. The van der Waals surface area contributed by atoms with E-state index in [4.69, 9.17) is 8.94 Å². The molecular formula is C15H13N3O4. The van der Waals surface area contributed by atoms with Crippen LogP contribution in [0.2, 0.25) is 0 Å². The molecule has 0 radical (unpaired) electrons. The fourth-order valence-corrected chi connectivity index (χ4v) is 2.09. The van der Waals surface area contributed by atoms with Crippen molar-refractivity contribution >= 4 is 16.8 Å². The number of hydrogen-bond acceptors (Lipinski definition) is 6. The van der Waals surface area contributed by atoms with Gasteiger partial charge in [-0.15, -0.1) is 0 Å². The number of carbonyl (C=O) groups excluding carboxylic acids is 1. The predicted octanol–water partition coefficient (Wildman–Crippen LogP) is 1.72. The second-order valence-corrected chi connectivity index (χ2v) is 4.86. The lowest BCUT2D eigenvalue weighted by atomic mass is 10.1. The summed E-state index contributed by atoms with van der Waals surface area (Å²) in [6, 6.07) is 6.39. The van der Waals surface area contributed by atoms with E-state index in [0.29, 0.717) is 27.9 Å². The maximum atomic E-state index is 12.1. The molecule has 3 aromatic rings. The van der Waals surface area contributed by atoms with Crippen LogP contribution in [0.1, 0.15) is 27.7 Å². The van der Waals surface area contributed by atoms with Crippen LogP contribution in [0.3, 0.4) is 0 Å². The minimum atomic E-state index is -0.465. The molecule has 0 unspecified atom stereocenters. The Kier molecular flexibility index (Phi) is 3.46. The quantitative estimate of drug-likeness (QED) is 0.790. The molecule has 0 aliphatic rings. The standard InChI is InChI=1S/C15H13N3O4/c1-8-5-11(18-22-8)7-16-14(19)10-3-4-12-13(6-10)17-9(2)21-15(12)20/h3-6H,7H2,1-2H3,(H,16,19). The number of aromatic nitrogens is 2. The molecule has 0 saturated carbocycles. The Morgan fingerprint density at radius 3 is 2.82 bits per heavy atom. The number of carbonyl (C=O) groups is 1. The molecule has 2 heterocycles. The van der Waals surface area contributed by atoms with Crippen molar-refractivity contribution in [1.29, 1.82) is 0 Å². The van der Waals surface area contributed by atoms with Gasteiger partial charge < -0.3 is 14.3 Å². The Morgan fingerprint density at radius 2 is 2.09 bits per heavy atom. The van der Waals surface area contributed by atoms with Gasteiger partial charge in [0.05, 0.1) is 17.4 Å². The normalized spacial score (nSPS) is 10.8. The number of rotatable bonds is 3. The van der Waals surface area contributed by atoms with Gasteiger partial charge in [0.2, 0.25) is 0 Å². The van der Waals surface area contributed by atoms with Crippen LogP contribution >= 0.6 is 0 Å². The van der Waals surface area contributed by atoms with E-state index in [2.05, 4.69) is 15.5 Å². The first-order valence-electron chi connectivity index (χ1n) is 6.65. The summed E-state index contributed by atoms with van der Waals surface area (Å²) >= 11 is 0. The van der Waals surface area contributed by atoms with Gasteiger partial charge in [0.25, 0.3) is 5.91 Å². The topological polar surface area (TPSA) is 98.2 Å². The molecule has 1 N–H and O–H groups in total. The van der Waals surface area contributed by atoms with Gasteiger partial charge in [0.1, 0.15) is 11.5 Å². The van der Waals surface area contributed by atoms with Crippen molar-refractivity contribution in [1.82, 2.24) is 15.5 Å². The molecule has 2 aromatic heterocycles. The molecule has 7 heteroatoms. The molecule has 22 heavy (non-hydrogen) atoms. The highest BCUT2D eigenvalue weighted by Gasteiger charge is 2.10. The van der Waals surface area contributed by atoms with E-state index in [1.807, 2.05) is 0 Å². The largest absolute Gasteiger partial charge is 0.408 e. The minimum absolute atomic E-state index is 0.258. The number of benzene rings is 1. The van der Waals surface area contributed by atoms with Crippen LogP contribution < -0.4 is 10.9 Å². The van der Waals surface area contributed by atoms with E-state index in [1.165, 1.54) is 6.07 Å². The van der Waals surface area contributed by atoms with Crippen molar-refractivity contribution in [2.75, 3.05) is 0 Å². The zero-order valence-corrected chi connectivity index (χ0v) is 12.0. The molecule has 0 fully saturated rings. The maximum absolute atomic E-state index is 12.1. The summed E-state index contributed by atoms with van der Waals surface area (Å²) in [4.78, 5) is 27.9. The minimum Gasteiger partial charge on any atom is -0.408 e. The van der Waals surface area contributed by atoms with E-state index >= 15 is 0 Å². The lowest BCUT2D eigenvalue weighted by Gasteiger charge is -2.04. The second kappa shape index (κ2) is 5.44. The van der Waals surface area contributed by atoms with Crippen LogP contribution in [0.5, 0.6) is 0 Å². The first kappa shape index (κ1) is 14.0. The molecule has 0 aliphatic heterocycles. The highest BCUT2D eigenvalue weighted by atomic mass is 16.5. The summed E-state index contributed by atoms with van der Waals surface area (Å²) in [5.74, 6) is 0.657. The SMILES string of the molecule is Cc1cc(CNC(=O)c2ccc3c(=O)oc(C)nc3c2)no1. The van der Waals surface area contributed by atoms with Crippen molar-refractivity contribution in [2.24, 2.45) is 0 Å². The van der Waals surface area contributed by atoms with E-state index < -0.39 is 5.63 Å². The number of nitrogens with one attached hydrogen (secondary N) is 1. The Labute approximate surface area is 124 Å². The van der Waals surface area contributed by atoms with Crippen LogP contribution in [0.4, 0.5) is 0 Å². The third-order valence-corrected chi connectivity index (χ3v) is 3.10. The van der Waals surface area contributed by atoms with E-state index in [-0.39, 0.29) is 18.3 Å². The highest BCUT2D eigenvalue weighted by molar-refractivity contribution is 5.97. The third kappa shape index (κ3) is 2.73. The van der Waals surface area contributed by atoms with Gasteiger partial charge in [-0.1, -0.05) is 5.16 Å². The number of hydrogen-bond donors (Lipinski definition) is 1. The van der Waals surface area contributed by atoms with Crippen LogP contribution in [0.25, 0.3) is 10.9 Å². The van der Waals surface area contributed by atoms with Gasteiger partial charge in [-0.25, -0.2) is 9.78 Å². The van der Waals surface area contributed by atoms with E-state index in [0.717, 1.165) is 0 Å². The maximum Gasteiger partial charge on any atom is 0.346 e. The van der Waals surface area contributed by atoms with Crippen molar-refractivity contribution in [3.05, 3.63) is 57.6 Å². The third-order valence-electron chi connectivity index (χ3n) is 3.10. The van der Waals surface area contributed by atoms with Crippen molar-refractivity contribution in [3.63, 3.8) is 0 Å². The molecule has 0 aliphatic carbocycles. The summed E-state index contributed by atoms with van der Waals surface area (Å²) in [5.41, 5.74) is 1.01. The van der Waals surface area contributed by atoms with Gasteiger partial charge >= 0.3 is 5.63 Å². The monoisotopic (exact) mass is 299 g/mol. The zero-order chi connectivity index (χ0) is 15.7. The molecule has 0 spiro atoms. The Hall–Kier alpha value is -2.96. The Bertz CT molecular complexity index is 911. The average molecular weight is 299 g/mol. The average Bonchev–Trinajstić information content (AvgIpc) is 2.89. The smallest absolute Gasteiger partial charge is 0.346 e.